The molecule has 0 unspecified atom stereocenters. The number of aromatic nitrogens is 1. The van der Waals surface area contributed by atoms with Crippen LogP contribution in [0.1, 0.15) is 19.4 Å². The molecule has 1 N–H and O–H groups in total. The van der Waals surface area contributed by atoms with Crippen LogP contribution in [0.5, 0.6) is 0 Å². The minimum atomic E-state index is -0.125. The number of hydrogen-bond acceptors (Lipinski definition) is 3. The van der Waals surface area contributed by atoms with E-state index in [2.05, 4.69) is 42.2 Å². The molecule has 4 heteroatoms. The van der Waals surface area contributed by atoms with Crippen molar-refractivity contribution < 1.29 is 30.0 Å². The number of allylic oxidation sites excluding steroid dienone is 2. The first-order chi connectivity index (χ1) is 11.5. The number of ketones is 1. The summed E-state index contributed by atoms with van der Waals surface area (Å²) in [6.07, 6.45) is 3.02. The summed E-state index contributed by atoms with van der Waals surface area (Å²) in [5.74, 6) is -0.0625. The van der Waals surface area contributed by atoms with Crippen LogP contribution in [-0.4, -0.2) is 15.9 Å². The van der Waals surface area contributed by atoms with Crippen molar-refractivity contribution in [2.24, 2.45) is 0 Å². The second-order valence-corrected chi connectivity index (χ2v) is 5.56. The third-order valence-electron chi connectivity index (χ3n) is 3.30. The molecule has 0 saturated heterocycles. The van der Waals surface area contributed by atoms with Gasteiger partial charge >= 0.3 is 0 Å². The molecule has 0 spiro atoms. The Kier molecular flexibility index (Phi) is 8.20. The predicted molar refractivity (Wildman–Crippen MR) is 97.8 cm³/mol. The number of fused-ring (bicyclic) bond motifs is 1. The van der Waals surface area contributed by atoms with E-state index in [1.165, 1.54) is 36.3 Å². The van der Waals surface area contributed by atoms with E-state index in [4.69, 9.17) is 5.11 Å². The van der Waals surface area contributed by atoms with Crippen LogP contribution in [0.2, 0.25) is 0 Å². The van der Waals surface area contributed by atoms with Gasteiger partial charge in [0.05, 0.1) is 5.76 Å². The van der Waals surface area contributed by atoms with Crippen molar-refractivity contribution in [1.29, 1.82) is 0 Å². The second-order valence-electron chi connectivity index (χ2n) is 5.56. The molecule has 0 bridgehead atoms. The summed E-state index contributed by atoms with van der Waals surface area (Å²) in [6.45, 7) is 4.93. The number of aryl methyl sites for hydroxylation is 1. The van der Waals surface area contributed by atoms with Crippen LogP contribution in [0.3, 0.4) is 0 Å². The Morgan fingerprint density at radius 1 is 1.16 bits per heavy atom. The van der Waals surface area contributed by atoms with Gasteiger partial charge in [0.1, 0.15) is 0 Å². The second kappa shape index (κ2) is 9.87. The first-order valence-corrected chi connectivity index (χ1v) is 7.67. The zero-order valence-corrected chi connectivity index (χ0v) is 16.8. The number of carbonyl (C=O) groups excluding carboxylic acids is 1. The monoisotopic (exact) mass is 511 g/mol. The maximum absolute atomic E-state index is 10.0. The minimum absolute atomic E-state index is 0. The average molecular weight is 511 g/mol. The van der Waals surface area contributed by atoms with Gasteiger partial charge in [0, 0.05) is 32.4 Å². The topological polar surface area (TPSA) is 50.2 Å². The number of rotatable bonds is 2. The standard InChI is InChI=1S/C16H12N.C5H8O2.Ir/c1-12-5-4-7-14(11-12)16-15-8-3-2-6-13(15)9-10-17-16;1-4(6)3-5(2)7;/h2-6,8-11H,1H3;3,6H,1-2H3;/q-1;;/b;4-3-;. The van der Waals surface area contributed by atoms with Gasteiger partial charge in [0.25, 0.3) is 0 Å². The number of benzene rings is 2. The summed E-state index contributed by atoms with van der Waals surface area (Å²) in [7, 11) is 0. The van der Waals surface area contributed by atoms with Gasteiger partial charge in [-0.25, -0.2) is 0 Å². The van der Waals surface area contributed by atoms with Gasteiger partial charge in [-0.1, -0.05) is 31.2 Å². The van der Waals surface area contributed by atoms with E-state index < -0.39 is 0 Å². The van der Waals surface area contributed by atoms with E-state index in [1.807, 2.05) is 30.5 Å². The van der Waals surface area contributed by atoms with E-state index in [-0.39, 0.29) is 31.6 Å². The quantitative estimate of drug-likeness (QED) is 0.298. The molecule has 0 amide bonds. The zero-order chi connectivity index (χ0) is 17.5. The summed E-state index contributed by atoms with van der Waals surface area (Å²) < 4.78 is 0. The largest absolute Gasteiger partial charge is 0.512 e. The molecule has 131 valence electrons. The maximum Gasteiger partial charge on any atom is 0.155 e. The minimum Gasteiger partial charge on any atom is -0.512 e. The summed E-state index contributed by atoms with van der Waals surface area (Å²) >= 11 is 0. The summed E-state index contributed by atoms with van der Waals surface area (Å²) in [6, 6.07) is 19.7. The fourth-order valence-electron chi connectivity index (χ4n) is 2.35. The number of carbonyl (C=O) groups is 1. The Balaban J connectivity index is 0.000000339. The van der Waals surface area contributed by atoms with Crippen LogP contribution < -0.4 is 0 Å². The van der Waals surface area contributed by atoms with Crippen molar-refractivity contribution in [1.82, 2.24) is 4.98 Å². The van der Waals surface area contributed by atoms with Crippen molar-refractivity contribution in [3.05, 3.63) is 78.2 Å². The van der Waals surface area contributed by atoms with Gasteiger partial charge in [0.2, 0.25) is 0 Å². The van der Waals surface area contributed by atoms with Crippen molar-refractivity contribution >= 4 is 16.6 Å². The number of hydrogen-bond donors (Lipinski definition) is 1. The van der Waals surface area contributed by atoms with Gasteiger partial charge in [-0.2, -0.15) is 0 Å². The van der Waals surface area contributed by atoms with E-state index in [1.54, 1.807) is 0 Å². The molecule has 0 fully saturated rings. The molecule has 3 aromatic rings. The smallest absolute Gasteiger partial charge is 0.155 e. The SMILES string of the molecule is CC(=O)/C=C(/C)O.Cc1cc[c-]c(-c2nccc3ccccc23)c1.[Ir]. The van der Waals surface area contributed by atoms with Crippen molar-refractivity contribution in [2.45, 2.75) is 20.8 Å². The van der Waals surface area contributed by atoms with Gasteiger partial charge < -0.3 is 10.1 Å². The van der Waals surface area contributed by atoms with E-state index in [0.717, 1.165) is 11.3 Å². The molecule has 0 aliphatic carbocycles. The van der Waals surface area contributed by atoms with Crippen molar-refractivity contribution in [2.75, 3.05) is 0 Å². The van der Waals surface area contributed by atoms with Gasteiger partial charge in [-0.05, 0) is 36.4 Å². The number of aliphatic hydroxyl groups is 1. The molecule has 1 aromatic heterocycles. The van der Waals surface area contributed by atoms with Gasteiger partial charge in [-0.15, -0.1) is 35.4 Å². The first kappa shape index (κ1) is 20.8. The molecular formula is C21H20IrNO2-. The number of pyridine rings is 1. The number of aliphatic hydroxyl groups excluding tert-OH is 1. The van der Waals surface area contributed by atoms with Crippen LogP contribution in [0.4, 0.5) is 0 Å². The normalized spacial score (nSPS) is 10.4. The van der Waals surface area contributed by atoms with Crippen molar-refractivity contribution in [3.63, 3.8) is 0 Å². The first-order valence-electron chi connectivity index (χ1n) is 7.67. The third kappa shape index (κ3) is 6.26. The van der Waals surface area contributed by atoms with Crippen LogP contribution in [0.25, 0.3) is 22.0 Å². The maximum atomic E-state index is 10.0. The molecule has 3 rings (SSSR count). The number of nitrogens with zero attached hydrogens (tertiary/aromatic N) is 1. The third-order valence-corrected chi connectivity index (χ3v) is 3.30. The Labute approximate surface area is 161 Å². The molecule has 2 aromatic carbocycles. The zero-order valence-electron chi connectivity index (χ0n) is 14.4. The Morgan fingerprint density at radius 2 is 1.88 bits per heavy atom. The fraction of sp³-hybridized carbons (Fsp3) is 0.143. The van der Waals surface area contributed by atoms with E-state index >= 15 is 0 Å². The Hall–Kier alpha value is -2.29. The summed E-state index contributed by atoms with van der Waals surface area (Å²) in [5.41, 5.74) is 3.29. The van der Waals surface area contributed by atoms with Gasteiger partial charge in [0.15, 0.2) is 5.78 Å². The Bertz CT molecular complexity index is 878. The van der Waals surface area contributed by atoms with E-state index in [9.17, 15) is 4.79 Å². The van der Waals surface area contributed by atoms with E-state index in [0.29, 0.717) is 0 Å². The van der Waals surface area contributed by atoms with Crippen molar-refractivity contribution in [3.8, 4) is 11.3 Å². The molecule has 3 nitrogen and oxygen atoms in total. The molecule has 1 heterocycles. The molecular weight excluding hydrogens is 490 g/mol. The van der Waals surface area contributed by atoms with Crippen LogP contribution >= 0.6 is 0 Å². The Morgan fingerprint density at radius 3 is 2.48 bits per heavy atom. The predicted octanol–water partition coefficient (Wildman–Crippen LogP) is 5.05. The van der Waals surface area contributed by atoms with Crippen LogP contribution in [0.15, 0.2) is 66.6 Å². The molecule has 1 radical (unpaired) electrons. The molecule has 0 aliphatic rings. The fourth-order valence-corrected chi connectivity index (χ4v) is 2.35. The molecule has 0 atom stereocenters. The summed E-state index contributed by atoms with van der Waals surface area (Å²) in [4.78, 5) is 14.5. The average Bonchev–Trinajstić information content (AvgIpc) is 2.53. The summed E-state index contributed by atoms with van der Waals surface area (Å²) in [5, 5.41) is 10.8. The molecule has 25 heavy (non-hydrogen) atoms. The van der Waals surface area contributed by atoms with Gasteiger partial charge in [-0.3, -0.25) is 4.79 Å². The van der Waals surface area contributed by atoms with Crippen LogP contribution in [-0.2, 0) is 24.9 Å². The molecule has 0 aliphatic heterocycles. The molecule has 0 saturated carbocycles. The van der Waals surface area contributed by atoms with Crippen LogP contribution in [0, 0.1) is 13.0 Å².